The van der Waals surface area contributed by atoms with Crippen molar-refractivity contribution in [3.63, 3.8) is 0 Å². The Hall–Kier alpha value is -2.43. The highest BCUT2D eigenvalue weighted by Crippen LogP contribution is 2.30. The first-order valence-electron chi connectivity index (χ1n) is 8.63. The van der Waals surface area contributed by atoms with Crippen molar-refractivity contribution in [2.45, 2.75) is 36.6 Å². The second-order valence-corrected chi connectivity index (χ2v) is 8.72. The number of halogens is 1. The molecule has 0 radical (unpaired) electrons. The molecule has 0 aliphatic heterocycles. The van der Waals surface area contributed by atoms with E-state index in [-0.39, 0.29) is 4.90 Å². The van der Waals surface area contributed by atoms with Gasteiger partial charge in [0.15, 0.2) is 0 Å². The molecule has 0 amide bonds. The summed E-state index contributed by atoms with van der Waals surface area (Å²) in [6.45, 7) is 0. The predicted molar refractivity (Wildman–Crippen MR) is 106 cm³/mol. The molecular formula is C17H20ClN5O4S. The molecule has 150 valence electrons. The lowest BCUT2D eigenvalue weighted by Crippen LogP contribution is -2.44. The lowest BCUT2D eigenvalue weighted by molar-refractivity contribution is -0.143. The number of hydrogen-bond acceptors (Lipinski definition) is 5. The van der Waals surface area contributed by atoms with Gasteiger partial charge in [0.1, 0.15) is 0 Å². The van der Waals surface area contributed by atoms with E-state index < -0.39 is 33.9 Å². The number of guanidine groups is 1. The number of carbonyl (C=O) groups is 1. The molecule has 2 atom stereocenters. The Labute approximate surface area is 167 Å². The molecule has 0 bridgehead atoms. The number of aliphatic carboxylic acids is 1. The van der Waals surface area contributed by atoms with Crippen LogP contribution in [0.25, 0.3) is 10.8 Å². The number of carboxylic acid groups (broad SMARTS) is 1. The minimum atomic E-state index is -3.92. The van der Waals surface area contributed by atoms with E-state index in [0.29, 0.717) is 29.3 Å². The molecular weight excluding hydrogens is 406 g/mol. The van der Waals surface area contributed by atoms with Gasteiger partial charge in [-0.15, -0.1) is 0 Å². The molecule has 0 unspecified atom stereocenters. The van der Waals surface area contributed by atoms with E-state index in [1.54, 1.807) is 6.07 Å². The zero-order valence-corrected chi connectivity index (χ0v) is 16.4. The normalized spacial score (nSPS) is 20.0. The van der Waals surface area contributed by atoms with Crippen molar-refractivity contribution in [3.05, 3.63) is 30.6 Å². The van der Waals surface area contributed by atoms with Crippen LogP contribution in [0.1, 0.15) is 25.7 Å². The Kier molecular flexibility index (Phi) is 5.73. The number of pyridine rings is 1. The highest BCUT2D eigenvalue weighted by atomic mass is 35.5. The van der Waals surface area contributed by atoms with Gasteiger partial charge in [-0.25, -0.2) is 17.6 Å². The van der Waals surface area contributed by atoms with Gasteiger partial charge in [0.25, 0.3) is 0 Å². The summed E-state index contributed by atoms with van der Waals surface area (Å²) >= 11 is 5.98. The first-order chi connectivity index (χ1) is 13.2. The topological polar surface area (TPSA) is 149 Å². The second kappa shape index (κ2) is 7.90. The molecule has 0 saturated heterocycles. The predicted octanol–water partition coefficient (Wildman–Crippen LogP) is 2.01. The number of carboxylic acids is 1. The highest BCUT2D eigenvalue weighted by Gasteiger charge is 2.34. The third-order valence-corrected chi connectivity index (χ3v) is 6.68. The summed E-state index contributed by atoms with van der Waals surface area (Å²) in [5.41, 5.74) is 5.74. The van der Waals surface area contributed by atoms with Gasteiger partial charge in [0.2, 0.25) is 16.0 Å². The highest BCUT2D eigenvalue weighted by molar-refractivity contribution is 7.89. The molecule has 3 rings (SSSR count). The zero-order chi connectivity index (χ0) is 20.5. The minimum Gasteiger partial charge on any atom is -0.481 e. The van der Waals surface area contributed by atoms with Gasteiger partial charge in [0.05, 0.1) is 22.7 Å². The van der Waals surface area contributed by atoms with Gasteiger partial charge in [0, 0.05) is 34.8 Å². The number of nitrogens with two attached hydrogens (primary N) is 1. The summed E-state index contributed by atoms with van der Waals surface area (Å²) in [7, 11) is -3.92. The van der Waals surface area contributed by atoms with E-state index in [1.807, 2.05) is 0 Å². The summed E-state index contributed by atoms with van der Waals surface area (Å²) in [4.78, 5) is 15.4. The molecule has 5 N–H and O–H groups in total. The van der Waals surface area contributed by atoms with E-state index >= 15 is 0 Å². The summed E-state index contributed by atoms with van der Waals surface area (Å²) in [5, 5.41) is 17.9. The fourth-order valence-electron chi connectivity index (χ4n) is 3.43. The Morgan fingerprint density at radius 3 is 2.71 bits per heavy atom. The lowest BCUT2D eigenvalue weighted by Gasteiger charge is -2.29. The number of benzene rings is 1. The van der Waals surface area contributed by atoms with Crippen molar-refractivity contribution < 1.29 is 18.3 Å². The van der Waals surface area contributed by atoms with Crippen molar-refractivity contribution >= 4 is 50.2 Å². The Morgan fingerprint density at radius 2 is 2.04 bits per heavy atom. The minimum absolute atomic E-state index is 0.00221. The largest absolute Gasteiger partial charge is 0.481 e. The Bertz CT molecular complexity index is 1030. The summed E-state index contributed by atoms with van der Waals surface area (Å²) in [6, 6.07) is 3.73. The standard InChI is InChI=1S/C17H20ClN5O4S/c18-23(17(19)20)15-9-21-8-10-7-11(5-6-12(10)15)28(26,27)22-14-4-2-1-3-13(14)16(24)25/h5-9,13-14,22H,1-4H2,(H3,19,20)(H,24,25)/t13-,14-/m0/s1. The summed E-state index contributed by atoms with van der Waals surface area (Å²) < 4.78 is 29.1. The number of sulfonamides is 1. The second-order valence-electron chi connectivity index (χ2n) is 6.66. The molecule has 1 heterocycles. The van der Waals surface area contributed by atoms with Gasteiger partial charge in [-0.3, -0.25) is 15.2 Å². The van der Waals surface area contributed by atoms with Crippen molar-refractivity contribution in [1.29, 1.82) is 5.41 Å². The first kappa shape index (κ1) is 20.3. The number of fused-ring (bicyclic) bond motifs is 1. The van der Waals surface area contributed by atoms with Gasteiger partial charge in [-0.05, 0) is 25.0 Å². The van der Waals surface area contributed by atoms with Crippen LogP contribution in [0, 0.1) is 11.3 Å². The van der Waals surface area contributed by atoms with Gasteiger partial charge in [-0.2, -0.15) is 0 Å². The lowest BCUT2D eigenvalue weighted by atomic mass is 9.85. The molecule has 1 aliphatic carbocycles. The monoisotopic (exact) mass is 425 g/mol. The van der Waals surface area contributed by atoms with Gasteiger partial charge < -0.3 is 10.8 Å². The average Bonchev–Trinajstić information content (AvgIpc) is 2.66. The SMILES string of the molecule is N=C(N)N(Cl)c1cncc2cc(S(=O)(=O)N[C@H]3CCCC[C@@H]3C(=O)O)ccc12. The maximum atomic E-state index is 12.8. The number of aromatic nitrogens is 1. The first-order valence-corrected chi connectivity index (χ1v) is 10.5. The molecule has 0 spiro atoms. The van der Waals surface area contributed by atoms with Gasteiger partial charge >= 0.3 is 5.97 Å². The maximum absolute atomic E-state index is 12.8. The quantitative estimate of drug-likeness (QED) is 0.325. The van der Waals surface area contributed by atoms with Crippen LogP contribution in [0.15, 0.2) is 35.5 Å². The number of anilines is 1. The fraction of sp³-hybridized carbons (Fsp3) is 0.353. The fourth-order valence-corrected chi connectivity index (χ4v) is 4.91. The molecule has 1 aromatic heterocycles. The smallest absolute Gasteiger partial charge is 0.308 e. The summed E-state index contributed by atoms with van der Waals surface area (Å²) in [6.07, 6.45) is 5.37. The van der Waals surface area contributed by atoms with Crippen LogP contribution in [0.3, 0.4) is 0 Å². The molecule has 2 aromatic rings. The van der Waals surface area contributed by atoms with Gasteiger partial charge in [-0.1, -0.05) is 18.9 Å². The Balaban J connectivity index is 1.94. The van der Waals surface area contributed by atoms with Crippen molar-refractivity contribution in [2.24, 2.45) is 11.7 Å². The van der Waals surface area contributed by atoms with Crippen LogP contribution in [0.5, 0.6) is 0 Å². The zero-order valence-electron chi connectivity index (χ0n) is 14.8. The molecule has 1 saturated carbocycles. The van der Waals surface area contributed by atoms with Crippen LogP contribution in [-0.2, 0) is 14.8 Å². The summed E-state index contributed by atoms with van der Waals surface area (Å²) in [5.74, 6) is -2.13. The molecule has 9 nitrogen and oxygen atoms in total. The maximum Gasteiger partial charge on any atom is 0.308 e. The van der Waals surface area contributed by atoms with E-state index in [0.717, 1.165) is 17.3 Å². The number of nitrogens with zero attached hydrogens (tertiary/aromatic N) is 2. The average molecular weight is 426 g/mol. The third kappa shape index (κ3) is 4.03. The number of rotatable bonds is 5. The van der Waals surface area contributed by atoms with Crippen LogP contribution in [0.4, 0.5) is 5.69 Å². The number of nitrogens with one attached hydrogen (secondary N) is 2. The third-order valence-electron chi connectivity index (χ3n) is 4.83. The van der Waals surface area contributed by atoms with Crippen LogP contribution < -0.4 is 14.9 Å². The molecule has 1 fully saturated rings. The van der Waals surface area contributed by atoms with E-state index in [4.69, 9.17) is 22.9 Å². The molecule has 28 heavy (non-hydrogen) atoms. The van der Waals surface area contributed by atoms with E-state index in [1.165, 1.54) is 24.5 Å². The Morgan fingerprint density at radius 1 is 1.32 bits per heavy atom. The van der Waals surface area contributed by atoms with Crippen molar-refractivity contribution in [2.75, 3.05) is 4.42 Å². The van der Waals surface area contributed by atoms with Crippen molar-refractivity contribution in [3.8, 4) is 0 Å². The van der Waals surface area contributed by atoms with Crippen molar-refractivity contribution in [1.82, 2.24) is 9.71 Å². The molecule has 1 aromatic carbocycles. The van der Waals surface area contributed by atoms with E-state index in [2.05, 4.69) is 9.71 Å². The number of hydrogen-bond donors (Lipinski definition) is 4. The molecule has 11 heteroatoms. The van der Waals surface area contributed by atoms with Crippen LogP contribution in [0.2, 0.25) is 0 Å². The van der Waals surface area contributed by atoms with Crippen LogP contribution >= 0.6 is 11.8 Å². The van der Waals surface area contributed by atoms with Crippen LogP contribution in [-0.4, -0.2) is 36.5 Å². The van der Waals surface area contributed by atoms with E-state index in [9.17, 15) is 18.3 Å². The molecule has 1 aliphatic rings.